The third-order valence-electron chi connectivity index (χ3n) is 6.14. The first-order valence-corrected chi connectivity index (χ1v) is 11.2. The van der Waals surface area contributed by atoms with E-state index in [2.05, 4.69) is 27.1 Å². The van der Waals surface area contributed by atoms with Gasteiger partial charge in [0.25, 0.3) is 0 Å². The summed E-state index contributed by atoms with van der Waals surface area (Å²) in [6.45, 7) is 7.24. The number of likely N-dealkylation sites (tertiary alicyclic amines) is 1. The summed E-state index contributed by atoms with van der Waals surface area (Å²) in [5.74, 6) is 1.57. The Hall–Kier alpha value is -1.86. The first-order valence-electron chi connectivity index (χ1n) is 10.8. The third kappa shape index (κ3) is 5.64. The highest BCUT2D eigenvalue weighted by molar-refractivity contribution is 6.30. The van der Waals surface area contributed by atoms with Gasteiger partial charge in [0, 0.05) is 49.4 Å². The number of halogens is 1. The normalized spacial score (nSPS) is 21.6. The van der Waals surface area contributed by atoms with Crippen LogP contribution >= 0.6 is 11.6 Å². The lowest BCUT2D eigenvalue weighted by atomic mass is 10.0. The van der Waals surface area contributed by atoms with E-state index >= 15 is 0 Å². The second-order valence-electron chi connectivity index (χ2n) is 8.42. The summed E-state index contributed by atoms with van der Waals surface area (Å²) >= 11 is 5.94. The van der Waals surface area contributed by atoms with Crippen molar-refractivity contribution in [2.75, 3.05) is 52.9 Å². The van der Waals surface area contributed by atoms with Crippen molar-refractivity contribution in [2.24, 2.45) is 0 Å². The molecule has 2 saturated heterocycles. The first kappa shape index (κ1) is 21.4. The number of benzene rings is 1. The molecule has 6 nitrogen and oxygen atoms in total. The molecule has 0 radical (unpaired) electrons. The van der Waals surface area contributed by atoms with Crippen LogP contribution in [-0.4, -0.2) is 79.5 Å². The number of carbonyl (C=O) groups is 1. The maximum Gasteiger partial charge on any atom is 0.234 e. The lowest BCUT2D eigenvalue weighted by molar-refractivity contribution is -0.123. The Kier molecular flexibility index (Phi) is 7.10. The molecule has 1 unspecified atom stereocenters. The summed E-state index contributed by atoms with van der Waals surface area (Å²) < 4.78 is 5.86. The highest BCUT2D eigenvalue weighted by atomic mass is 35.5. The second kappa shape index (κ2) is 9.96. The van der Waals surface area contributed by atoms with Crippen molar-refractivity contribution in [1.29, 1.82) is 0 Å². The Bertz CT molecular complexity index is 830. The number of piperazine rings is 1. The molecule has 1 N–H and O–H groups in total. The van der Waals surface area contributed by atoms with Gasteiger partial charge in [0.1, 0.15) is 11.5 Å². The topological polar surface area (TPSA) is 52.0 Å². The minimum absolute atomic E-state index is 0.0466. The van der Waals surface area contributed by atoms with Gasteiger partial charge < -0.3 is 14.6 Å². The van der Waals surface area contributed by atoms with Crippen molar-refractivity contribution < 1.29 is 9.21 Å². The second-order valence-corrected chi connectivity index (χ2v) is 8.86. The van der Waals surface area contributed by atoms with Gasteiger partial charge in [-0.05, 0) is 62.8 Å². The highest BCUT2D eigenvalue weighted by Crippen LogP contribution is 2.23. The number of likely N-dealkylation sites (N-methyl/N-ethyl adjacent to an activating group) is 1. The van der Waals surface area contributed by atoms with Gasteiger partial charge in [-0.3, -0.25) is 14.6 Å². The smallest absolute Gasteiger partial charge is 0.234 e. The number of piperidine rings is 1. The zero-order valence-electron chi connectivity index (χ0n) is 17.6. The fourth-order valence-corrected chi connectivity index (χ4v) is 4.54. The van der Waals surface area contributed by atoms with Crippen LogP contribution in [0.2, 0.25) is 5.02 Å². The van der Waals surface area contributed by atoms with Gasteiger partial charge in [-0.2, -0.15) is 0 Å². The van der Waals surface area contributed by atoms with E-state index in [0.717, 1.165) is 43.3 Å². The molecule has 30 heavy (non-hydrogen) atoms. The number of carbonyl (C=O) groups excluding carboxylic acids is 1. The predicted octanol–water partition coefficient (Wildman–Crippen LogP) is 2.93. The number of hydrogen-bond donors (Lipinski definition) is 1. The molecular weight excluding hydrogens is 400 g/mol. The van der Waals surface area contributed by atoms with Crippen LogP contribution in [0.5, 0.6) is 0 Å². The van der Waals surface area contributed by atoms with Crippen molar-refractivity contribution in [1.82, 2.24) is 20.0 Å². The van der Waals surface area contributed by atoms with Crippen molar-refractivity contribution in [3.05, 3.63) is 47.2 Å². The van der Waals surface area contributed by atoms with E-state index in [9.17, 15) is 4.79 Å². The summed E-state index contributed by atoms with van der Waals surface area (Å²) in [7, 11) is 2.21. The minimum atomic E-state index is 0.0466. The zero-order chi connectivity index (χ0) is 20.9. The van der Waals surface area contributed by atoms with Gasteiger partial charge in [-0.25, -0.2) is 0 Å². The summed E-state index contributed by atoms with van der Waals surface area (Å²) in [5, 5.41) is 3.68. The largest absolute Gasteiger partial charge is 0.459 e. The van der Waals surface area contributed by atoms with Crippen LogP contribution in [0, 0.1) is 0 Å². The van der Waals surface area contributed by atoms with E-state index in [0.29, 0.717) is 24.2 Å². The third-order valence-corrected chi connectivity index (χ3v) is 6.39. The van der Waals surface area contributed by atoms with Crippen molar-refractivity contribution in [3.8, 4) is 11.3 Å². The molecule has 162 valence electrons. The van der Waals surface area contributed by atoms with E-state index in [1.54, 1.807) is 0 Å². The number of hydrogen-bond acceptors (Lipinski definition) is 5. The number of furan rings is 1. The summed E-state index contributed by atoms with van der Waals surface area (Å²) in [4.78, 5) is 19.7. The monoisotopic (exact) mass is 430 g/mol. The van der Waals surface area contributed by atoms with E-state index < -0.39 is 0 Å². The molecule has 2 aromatic rings. The van der Waals surface area contributed by atoms with Gasteiger partial charge in [-0.15, -0.1) is 0 Å². The van der Waals surface area contributed by atoms with E-state index in [4.69, 9.17) is 16.0 Å². The standard InChI is InChI=1S/C23H31ClN4O2/c1-26-10-2-3-20(16-26)28-13-11-27(12-14-28)17-23(29)25-15-21-8-9-22(30-21)18-4-6-19(24)7-5-18/h4-9,20H,2-3,10-17H2,1H3,(H,25,29). The van der Waals surface area contributed by atoms with Gasteiger partial charge >= 0.3 is 0 Å². The Morgan fingerprint density at radius 1 is 1.10 bits per heavy atom. The molecule has 0 spiro atoms. The zero-order valence-corrected chi connectivity index (χ0v) is 18.4. The molecule has 1 aromatic carbocycles. The molecule has 0 aliphatic carbocycles. The lowest BCUT2D eigenvalue weighted by Gasteiger charge is -2.42. The Morgan fingerprint density at radius 2 is 1.87 bits per heavy atom. The van der Waals surface area contributed by atoms with Crippen LogP contribution in [-0.2, 0) is 11.3 Å². The molecule has 1 atom stereocenters. The van der Waals surface area contributed by atoms with E-state index in [1.165, 1.54) is 25.9 Å². The number of rotatable bonds is 6. The lowest BCUT2D eigenvalue weighted by Crippen LogP contribution is -2.55. The molecule has 0 bridgehead atoms. The Labute approximate surface area is 183 Å². The molecule has 0 saturated carbocycles. The van der Waals surface area contributed by atoms with Crippen LogP contribution in [0.15, 0.2) is 40.8 Å². The maximum atomic E-state index is 12.4. The van der Waals surface area contributed by atoms with Crippen LogP contribution in [0.3, 0.4) is 0 Å². The van der Waals surface area contributed by atoms with Gasteiger partial charge in [0.05, 0.1) is 13.1 Å². The molecule has 2 aliphatic heterocycles. The SMILES string of the molecule is CN1CCCC(N2CCN(CC(=O)NCc3ccc(-c4ccc(Cl)cc4)o3)CC2)C1. The maximum absolute atomic E-state index is 12.4. The van der Waals surface area contributed by atoms with Crippen LogP contribution in [0.4, 0.5) is 0 Å². The van der Waals surface area contributed by atoms with Crippen LogP contribution in [0.1, 0.15) is 18.6 Å². The first-order chi connectivity index (χ1) is 14.6. The van der Waals surface area contributed by atoms with Crippen molar-refractivity contribution >= 4 is 17.5 Å². The average Bonchev–Trinajstić information content (AvgIpc) is 3.22. The summed E-state index contributed by atoms with van der Waals surface area (Å²) in [6, 6.07) is 12.0. The molecule has 7 heteroatoms. The average molecular weight is 431 g/mol. The van der Waals surface area contributed by atoms with E-state index in [-0.39, 0.29) is 5.91 Å². The van der Waals surface area contributed by atoms with Crippen LogP contribution < -0.4 is 5.32 Å². The molecule has 4 rings (SSSR count). The minimum Gasteiger partial charge on any atom is -0.459 e. The Balaban J connectivity index is 1.19. The van der Waals surface area contributed by atoms with Crippen molar-refractivity contribution in [3.63, 3.8) is 0 Å². The van der Waals surface area contributed by atoms with Crippen molar-refractivity contribution in [2.45, 2.75) is 25.4 Å². The molecular formula is C23H31ClN4O2. The molecule has 2 fully saturated rings. The van der Waals surface area contributed by atoms with Gasteiger partial charge in [-0.1, -0.05) is 11.6 Å². The summed E-state index contributed by atoms with van der Waals surface area (Å²) in [5.41, 5.74) is 0.971. The molecule has 2 aliphatic rings. The van der Waals surface area contributed by atoms with Gasteiger partial charge in [0.2, 0.25) is 5.91 Å². The molecule has 3 heterocycles. The summed E-state index contributed by atoms with van der Waals surface area (Å²) in [6.07, 6.45) is 2.59. The fourth-order valence-electron chi connectivity index (χ4n) is 4.41. The Morgan fingerprint density at radius 3 is 2.60 bits per heavy atom. The number of nitrogens with zero attached hydrogens (tertiary/aromatic N) is 3. The predicted molar refractivity (Wildman–Crippen MR) is 120 cm³/mol. The van der Waals surface area contributed by atoms with E-state index in [1.807, 2.05) is 36.4 Å². The number of nitrogens with one attached hydrogen (secondary N) is 1. The number of amides is 1. The highest BCUT2D eigenvalue weighted by Gasteiger charge is 2.27. The molecule has 1 aromatic heterocycles. The molecule has 1 amide bonds. The fraction of sp³-hybridized carbons (Fsp3) is 0.522. The quantitative estimate of drug-likeness (QED) is 0.763. The van der Waals surface area contributed by atoms with Crippen LogP contribution in [0.25, 0.3) is 11.3 Å². The van der Waals surface area contributed by atoms with Gasteiger partial charge in [0.15, 0.2) is 0 Å².